The lowest BCUT2D eigenvalue weighted by molar-refractivity contribution is -0.138. The molecule has 0 aromatic heterocycles. The number of benzene rings is 2. The van der Waals surface area contributed by atoms with Crippen molar-refractivity contribution in [3.05, 3.63) is 70.4 Å². The van der Waals surface area contributed by atoms with Crippen LogP contribution in [-0.4, -0.2) is 44.4 Å². The summed E-state index contributed by atoms with van der Waals surface area (Å²) in [5.74, 6) is -0.762. The highest BCUT2D eigenvalue weighted by Crippen LogP contribution is 2.35. The van der Waals surface area contributed by atoms with Gasteiger partial charge in [-0.3, -0.25) is 4.79 Å². The van der Waals surface area contributed by atoms with Gasteiger partial charge in [-0.1, -0.05) is 18.2 Å². The third-order valence-corrected chi connectivity index (χ3v) is 5.28. The first-order valence-electron chi connectivity index (χ1n) is 11.3. The van der Waals surface area contributed by atoms with Crippen molar-refractivity contribution in [1.29, 1.82) is 0 Å². The van der Waals surface area contributed by atoms with Gasteiger partial charge < -0.3 is 24.8 Å². The number of carbonyl (C=O) groups is 3. The zero-order valence-corrected chi connectivity index (χ0v) is 20.6. The third kappa shape index (κ3) is 7.02. The molecule has 3 rings (SSSR count). The van der Waals surface area contributed by atoms with E-state index in [0.717, 1.165) is 12.1 Å². The number of amides is 3. The van der Waals surface area contributed by atoms with Crippen LogP contribution in [0.5, 0.6) is 11.5 Å². The molecule has 202 valence electrons. The van der Waals surface area contributed by atoms with E-state index in [9.17, 15) is 27.6 Å². The lowest BCUT2D eigenvalue weighted by atomic mass is 9.95. The molecule has 0 saturated heterocycles. The number of ether oxygens (including phenoxy) is 3. The van der Waals surface area contributed by atoms with Crippen LogP contribution < -0.4 is 25.5 Å². The van der Waals surface area contributed by atoms with Gasteiger partial charge in [0.1, 0.15) is 0 Å². The molecular formula is C25H25F3N4O6. The molecule has 1 heterocycles. The van der Waals surface area contributed by atoms with Gasteiger partial charge in [0.15, 0.2) is 18.1 Å². The number of nitrogens with one attached hydrogen (secondary N) is 3. The van der Waals surface area contributed by atoms with Gasteiger partial charge >= 0.3 is 18.2 Å². The Bertz CT molecular complexity index is 1260. The molecule has 0 bridgehead atoms. The first-order chi connectivity index (χ1) is 18.0. The summed E-state index contributed by atoms with van der Waals surface area (Å²) in [5.41, 5.74) is 2.86. The van der Waals surface area contributed by atoms with Crippen LogP contribution in [-0.2, 0) is 20.5 Å². The van der Waals surface area contributed by atoms with Gasteiger partial charge in [0.25, 0.3) is 5.91 Å². The summed E-state index contributed by atoms with van der Waals surface area (Å²) in [6, 6.07) is 7.65. The second kappa shape index (κ2) is 12.1. The minimum absolute atomic E-state index is 0.216. The number of allylic oxidation sites excluding steroid dienone is 1. The van der Waals surface area contributed by atoms with Crippen molar-refractivity contribution in [1.82, 2.24) is 16.1 Å². The molecule has 0 fully saturated rings. The average Bonchev–Trinajstić information content (AvgIpc) is 2.87. The van der Waals surface area contributed by atoms with Crippen molar-refractivity contribution in [2.24, 2.45) is 5.10 Å². The molecule has 1 aliphatic heterocycles. The van der Waals surface area contributed by atoms with Gasteiger partial charge in [-0.15, -0.1) is 0 Å². The van der Waals surface area contributed by atoms with Gasteiger partial charge in [-0.25, -0.2) is 15.0 Å². The van der Waals surface area contributed by atoms with Crippen LogP contribution >= 0.6 is 0 Å². The van der Waals surface area contributed by atoms with Gasteiger partial charge in [0.05, 0.1) is 37.1 Å². The number of methoxy groups -OCH3 is 1. The summed E-state index contributed by atoms with van der Waals surface area (Å²) in [7, 11) is 1.23. The predicted octanol–water partition coefficient (Wildman–Crippen LogP) is 3.43. The minimum atomic E-state index is -4.44. The minimum Gasteiger partial charge on any atom is -0.490 e. The number of hydrogen-bond donors (Lipinski definition) is 3. The molecule has 0 radical (unpaired) electrons. The number of alkyl halides is 3. The molecule has 1 aliphatic rings. The van der Waals surface area contributed by atoms with Crippen LogP contribution in [0.4, 0.5) is 18.0 Å². The molecule has 3 amide bonds. The Kier molecular flexibility index (Phi) is 8.94. The van der Waals surface area contributed by atoms with E-state index >= 15 is 0 Å². The average molecular weight is 534 g/mol. The second-order valence-electron chi connectivity index (χ2n) is 7.90. The van der Waals surface area contributed by atoms with Crippen molar-refractivity contribution in [3.63, 3.8) is 0 Å². The normalized spacial score (nSPS) is 15.5. The van der Waals surface area contributed by atoms with Crippen molar-refractivity contribution < 1.29 is 41.8 Å². The van der Waals surface area contributed by atoms with Crippen molar-refractivity contribution in [3.8, 4) is 11.5 Å². The Hall–Kier alpha value is -4.55. The Morgan fingerprint density at radius 2 is 1.82 bits per heavy atom. The van der Waals surface area contributed by atoms with Crippen LogP contribution in [0.2, 0.25) is 0 Å². The molecule has 1 atom stereocenters. The quantitative estimate of drug-likeness (QED) is 0.257. The van der Waals surface area contributed by atoms with E-state index in [1.165, 1.54) is 31.5 Å². The van der Waals surface area contributed by atoms with Crippen molar-refractivity contribution >= 4 is 24.1 Å². The van der Waals surface area contributed by atoms with E-state index in [-0.39, 0.29) is 23.7 Å². The van der Waals surface area contributed by atoms with Gasteiger partial charge in [0, 0.05) is 5.70 Å². The van der Waals surface area contributed by atoms with Crippen molar-refractivity contribution in [2.45, 2.75) is 26.1 Å². The standard InChI is InChI=1S/C25H25F3N4O6/c1-4-37-19-11-16(22-21(23(34)36-3)14(2)30-24(35)31-22)7-10-18(19)38-13-20(33)32-29-12-15-5-8-17(9-6-15)25(26,27)28/h5-12,22H,4,13H2,1-3H3,(H,32,33)(H2,30,31,35)/b29-12-/t22-/m0/s1. The Morgan fingerprint density at radius 3 is 2.45 bits per heavy atom. The first kappa shape index (κ1) is 28.0. The highest BCUT2D eigenvalue weighted by Gasteiger charge is 2.32. The highest BCUT2D eigenvalue weighted by molar-refractivity contribution is 5.95. The molecule has 13 heteroatoms. The summed E-state index contributed by atoms with van der Waals surface area (Å²) in [6.45, 7) is 3.15. The summed E-state index contributed by atoms with van der Waals surface area (Å²) < 4.78 is 53.9. The van der Waals surface area contributed by atoms with E-state index in [1.54, 1.807) is 26.0 Å². The van der Waals surface area contributed by atoms with Crippen molar-refractivity contribution in [2.75, 3.05) is 20.3 Å². The molecule has 3 N–H and O–H groups in total. The molecule has 38 heavy (non-hydrogen) atoms. The van der Waals surface area contributed by atoms with E-state index < -0.39 is 42.3 Å². The number of rotatable bonds is 9. The predicted molar refractivity (Wildman–Crippen MR) is 129 cm³/mol. The number of nitrogens with zero attached hydrogens (tertiary/aromatic N) is 1. The Morgan fingerprint density at radius 1 is 1.11 bits per heavy atom. The van der Waals surface area contributed by atoms with E-state index in [1.807, 2.05) is 0 Å². The largest absolute Gasteiger partial charge is 0.490 e. The van der Waals surface area contributed by atoms with Crippen LogP contribution in [0, 0.1) is 0 Å². The van der Waals surface area contributed by atoms with E-state index in [0.29, 0.717) is 16.8 Å². The van der Waals surface area contributed by atoms with Crippen LogP contribution in [0.3, 0.4) is 0 Å². The number of hydrogen-bond acceptors (Lipinski definition) is 7. The maximum absolute atomic E-state index is 12.6. The maximum Gasteiger partial charge on any atom is 0.416 e. The van der Waals surface area contributed by atoms with E-state index in [4.69, 9.17) is 14.2 Å². The molecule has 2 aromatic rings. The fourth-order valence-electron chi connectivity index (χ4n) is 3.53. The topological polar surface area (TPSA) is 127 Å². The zero-order valence-electron chi connectivity index (χ0n) is 20.6. The van der Waals surface area contributed by atoms with Gasteiger partial charge in [-0.2, -0.15) is 18.3 Å². The first-order valence-corrected chi connectivity index (χ1v) is 11.3. The lowest BCUT2D eigenvalue weighted by Crippen LogP contribution is -2.45. The molecular weight excluding hydrogens is 509 g/mol. The number of halogens is 3. The second-order valence-corrected chi connectivity index (χ2v) is 7.90. The SMILES string of the molecule is CCOc1cc([C@@H]2NC(=O)NC(C)=C2C(=O)OC)ccc1OCC(=O)N/N=C\c1ccc(C(F)(F)F)cc1. The number of urea groups is 1. The van der Waals surface area contributed by atoms with Gasteiger partial charge in [0.2, 0.25) is 0 Å². The summed E-state index contributed by atoms with van der Waals surface area (Å²) in [4.78, 5) is 36.5. The zero-order chi connectivity index (χ0) is 27.9. The molecule has 2 aromatic carbocycles. The number of hydrazone groups is 1. The molecule has 10 nitrogen and oxygen atoms in total. The van der Waals surface area contributed by atoms with Crippen LogP contribution in [0.1, 0.15) is 36.6 Å². The number of esters is 1. The van der Waals surface area contributed by atoms with E-state index in [2.05, 4.69) is 21.2 Å². The summed E-state index contributed by atoms with van der Waals surface area (Å²) in [6.07, 6.45) is -3.25. The molecule has 0 spiro atoms. The Balaban J connectivity index is 1.67. The molecule has 0 unspecified atom stereocenters. The maximum atomic E-state index is 12.6. The summed E-state index contributed by atoms with van der Waals surface area (Å²) >= 11 is 0. The third-order valence-electron chi connectivity index (χ3n) is 5.28. The smallest absolute Gasteiger partial charge is 0.416 e. The fraction of sp³-hybridized carbons (Fsp3) is 0.280. The fourth-order valence-corrected chi connectivity index (χ4v) is 3.53. The molecule has 0 saturated carbocycles. The summed E-state index contributed by atoms with van der Waals surface area (Å²) in [5, 5.41) is 8.92. The number of carbonyl (C=O) groups excluding carboxylic acids is 3. The Labute approximate surface area is 215 Å². The lowest BCUT2D eigenvalue weighted by Gasteiger charge is -2.28. The monoisotopic (exact) mass is 534 g/mol. The highest BCUT2D eigenvalue weighted by atomic mass is 19.4. The molecule has 0 aliphatic carbocycles. The van der Waals surface area contributed by atoms with Crippen LogP contribution in [0.15, 0.2) is 58.8 Å². The van der Waals surface area contributed by atoms with Crippen LogP contribution in [0.25, 0.3) is 0 Å². The van der Waals surface area contributed by atoms with Gasteiger partial charge in [-0.05, 0) is 49.2 Å².